The second-order valence-electron chi connectivity index (χ2n) is 4.57. The van der Waals surface area contributed by atoms with Crippen molar-refractivity contribution in [2.24, 2.45) is 0 Å². The molecule has 0 amide bonds. The maximum absolute atomic E-state index is 8.90. The van der Waals surface area contributed by atoms with Gasteiger partial charge in [-0.05, 0) is 25.8 Å². The highest BCUT2D eigenvalue weighted by atomic mass is 16.5. The van der Waals surface area contributed by atoms with E-state index in [-0.39, 0.29) is 5.54 Å². The second-order valence-corrected chi connectivity index (χ2v) is 4.57. The van der Waals surface area contributed by atoms with Crippen LogP contribution in [-0.4, -0.2) is 23.7 Å². The maximum Gasteiger partial charge on any atom is 0.151 e. The average molecular weight is 232 g/mol. The Morgan fingerprint density at radius 3 is 3.12 bits per heavy atom. The molecule has 5 heteroatoms. The minimum Gasteiger partial charge on any atom is -0.395 e. The SMILES string of the molecule is CC1(Nc2nccc(C#N)c2N)CCCOC1. The molecule has 1 saturated heterocycles. The number of nitrogens with two attached hydrogens (primary N) is 1. The molecule has 17 heavy (non-hydrogen) atoms. The summed E-state index contributed by atoms with van der Waals surface area (Å²) in [4.78, 5) is 4.18. The van der Waals surface area contributed by atoms with E-state index in [0.29, 0.717) is 23.7 Å². The first-order valence-electron chi connectivity index (χ1n) is 5.65. The van der Waals surface area contributed by atoms with Gasteiger partial charge in [-0.3, -0.25) is 0 Å². The van der Waals surface area contributed by atoms with Gasteiger partial charge in [0, 0.05) is 12.8 Å². The Balaban J connectivity index is 2.21. The zero-order chi connectivity index (χ0) is 12.3. The van der Waals surface area contributed by atoms with Crippen LogP contribution in [0.1, 0.15) is 25.3 Å². The van der Waals surface area contributed by atoms with E-state index >= 15 is 0 Å². The first-order valence-corrected chi connectivity index (χ1v) is 5.65. The maximum atomic E-state index is 8.90. The Bertz CT molecular complexity index is 446. The summed E-state index contributed by atoms with van der Waals surface area (Å²) in [6.07, 6.45) is 3.61. The molecule has 2 heterocycles. The van der Waals surface area contributed by atoms with E-state index in [1.54, 1.807) is 12.3 Å². The number of rotatable bonds is 2. The van der Waals surface area contributed by atoms with Crippen LogP contribution in [0.4, 0.5) is 11.5 Å². The van der Waals surface area contributed by atoms with E-state index in [2.05, 4.69) is 17.2 Å². The van der Waals surface area contributed by atoms with Crippen molar-refractivity contribution < 1.29 is 4.74 Å². The molecule has 0 bridgehead atoms. The first kappa shape index (κ1) is 11.7. The Hall–Kier alpha value is -1.80. The van der Waals surface area contributed by atoms with E-state index in [1.807, 2.05) is 6.07 Å². The number of pyridine rings is 1. The highest BCUT2D eigenvalue weighted by Gasteiger charge is 2.28. The van der Waals surface area contributed by atoms with Gasteiger partial charge < -0.3 is 15.8 Å². The summed E-state index contributed by atoms with van der Waals surface area (Å²) in [6, 6.07) is 3.66. The zero-order valence-corrected chi connectivity index (χ0v) is 9.86. The molecule has 3 N–H and O–H groups in total. The number of ether oxygens (including phenoxy) is 1. The molecule has 1 aromatic heterocycles. The molecular formula is C12H16N4O. The van der Waals surface area contributed by atoms with Gasteiger partial charge in [0.1, 0.15) is 6.07 Å². The van der Waals surface area contributed by atoms with Crippen LogP contribution in [0.15, 0.2) is 12.3 Å². The van der Waals surface area contributed by atoms with Crippen LogP contribution in [0.5, 0.6) is 0 Å². The van der Waals surface area contributed by atoms with Crippen molar-refractivity contribution >= 4 is 11.5 Å². The lowest BCUT2D eigenvalue weighted by Gasteiger charge is -2.35. The second kappa shape index (κ2) is 4.60. The van der Waals surface area contributed by atoms with Crippen LogP contribution in [-0.2, 0) is 4.74 Å². The van der Waals surface area contributed by atoms with E-state index in [9.17, 15) is 0 Å². The lowest BCUT2D eigenvalue weighted by Crippen LogP contribution is -2.43. The van der Waals surface area contributed by atoms with E-state index < -0.39 is 0 Å². The Kier molecular flexibility index (Phi) is 3.16. The highest BCUT2D eigenvalue weighted by molar-refractivity contribution is 5.69. The number of nitrogens with zero attached hydrogens (tertiary/aromatic N) is 2. The molecule has 0 aliphatic carbocycles. The van der Waals surface area contributed by atoms with Crippen LogP contribution in [0, 0.1) is 11.3 Å². The number of nitrogens with one attached hydrogen (secondary N) is 1. The molecule has 0 aromatic carbocycles. The van der Waals surface area contributed by atoms with E-state index in [4.69, 9.17) is 15.7 Å². The smallest absolute Gasteiger partial charge is 0.151 e. The van der Waals surface area contributed by atoms with Crippen molar-refractivity contribution in [2.75, 3.05) is 24.3 Å². The van der Waals surface area contributed by atoms with Gasteiger partial charge in [-0.1, -0.05) is 0 Å². The average Bonchev–Trinajstić information content (AvgIpc) is 2.32. The van der Waals surface area contributed by atoms with Crippen molar-refractivity contribution in [1.82, 2.24) is 4.98 Å². The lowest BCUT2D eigenvalue weighted by atomic mass is 9.95. The number of nitriles is 1. The number of nitrogen functional groups attached to an aromatic ring is 1. The van der Waals surface area contributed by atoms with Crippen LogP contribution in [0.2, 0.25) is 0 Å². The molecule has 0 spiro atoms. The summed E-state index contributed by atoms with van der Waals surface area (Å²) >= 11 is 0. The van der Waals surface area contributed by atoms with Gasteiger partial charge in [0.2, 0.25) is 0 Å². The third kappa shape index (κ3) is 2.48. The van der Waals surface area contributed by atoms with E-state index in [0.717, 1.165) is 19.4 Å². The summed E-state index contributed by atoms with van der Waals surface area (Å²) < 4.78 is 5.46. The molecule has 1 aromatic rings. The van der Waals surface area contributed by atoms with Gasteiger partial charge in [0.15, 0.2) is 5.82 Å². The fraction of sp³-hybridized carbons (Fsp3) is 0.500. The zero-order valence-electron chi connectivity index (χ0n) is 9.86. The van der Waals surface area contributed by atoms with Crippen molar-refractivity contribution in [3.63, 3.8) is 0 Å². The Morgan fingerprint density at radius 1 is 1.65 bits per heavy atom. The van der Waals surface area contributed by atoms with Crippen LogP contribution in [0.3, 0.4) is 0 Å². The number of hydrogen-bond donors (Lipinski definition) is 2. The molecule has 1 fully saturated rings. The van der Waals surface area contributed by atoms with Crippen molar-refractivity contribution in [2.45, 2.75) is 25.3 Å². The predicted molar refractivity (Wildman–Crippen MR) is 65.4 cm³/mol. The molecule has 2 rings (SSSR count). The third-order valence-electron chi connectivity index (χ3n) is 2.97. The van der Waals surface area contributed by atoms with Gasteiger partial charge in [-0.25, -0.2) is 4.98 Å². The fourth-order valence-corrected chi connectivity index (χ4v) is 1.99. The largest absolute Gasteiger partial charge is 0.395 e. The lowest BCUT2D eigenvalue weighted by molar-refractivity contribution is 0.0539. The van der Waals surface area contributed by atoms with Crippen molar-refractivity contribution in [1.29, 1.82) is 5.26 Å². The number of aromatic nitrogens is 1. The van der Waals surface area contributed by atoms with Crippen LogP contribution < -0.4 is 11.1 Å². The summed E-state index contributed by atoms with van der Waals surface area (Å²) in [5.74, 6) is 0.567. The normalized spacial score (nSPS) is 24.0. The molecular weight excluding hydrogens is 216 g/mol. The number of hydrogen-bond acceptors (Lipinski definition) is 5. The van der Waals surface area contributed by atoms with Gasteiger partial charge in [0.05, 0.1) is 23.4 Å². The molecule has 1 unspecified atom stereocenters. The summed E-state index contributed by atoms with van der Waals surface area (Å²) in [5, 5.41) is 12.2. The quantitative estimate of drug-likeness (QED) is 0.807. The minimum atomic E-state index is -0.159. The molecule has 1 aliphatic rings. The van der Waals surface area contributed by atoms with Crippen molar-refractivity contribution in [3.05, 3.63) is 17.8 Å². The number of anilines is 2. The Morgan fingerprint density at radius 2 is 2.47 bits per heavy atom. The van der Waals surface area contributed by atoms with Crippen molar-refractivity contribution in [3.8, 4) is 6.07 Å². The van der Waals surface area contributed by atoms with Gasteiger partial charge in [-0.2, -0.15) is 5.26 Å². The van der Waals surface area contributed by atoms with Crippen LogP contribution in [0.25, 0.3) is 0 Å². The Labute approximate surface area is 101 Å². The molecule has 1 aliphatic heterocycles. The third-order valence-corrected chi connectivity index (χ3v) is 2.97. The molecule has 5 nitrogen and oxygen atoms in total. The highest BCUT2D eigenvalue weighted by Crippen LogP contribution is 2.27. The standard InChI is InChI=1S/C12H16N4O/c1-12(4-2-6-17-8-12)16-11-10(14)9(7-13)3-5-15-11/h3,5H,2,4,6,8,14H2,1H3,(H,15,16). The van der Waals surface area contributed by atoms with Gasteiger partial charge >= 0.3 is 0 Å². The molecule has 0 saturated carbocycles. The first-order chi connectivity index (χ1) is 8.14. The van der Waals surface area contributed by atoms with Gasteiger partial charge in [-0.15, -0.1) is 0 Å². The molecule has 1 atom stereocenters. The molecule has 90 valence electrons. The molecule has 0 radical (unpaired) electrons. The minimum absolute atomic E-state index is 0.159. The summed E-state index contributed by atoms with van der Waals surface area (Å²) in [7, 11) is 0. The topological polar surface area (TPSA) is 84.0 Å². The van der Waals surface area contributed by atoms with Crippen LogP contribution >= 0.6 is 0 Å². The van der Waals surface area contributed by atoms with Gasteiger partial charge in [0.25, 0.3) is 0 Å². The van der Waals surface area contributed by atoms with E-state index in [1.165, 1.54) is 0 Å². The predicted octanol–water partition coefficient (Wildman–Crippen LogP) is 1.52. The summed E-state index contributed by atoms with van der Waals surface area (Å²) in [6.45, 7) is 3.51. The monoisotopic (exact) mass is 232 g/mol. The summed E-state index contributed by atoms with van der Waals surface area (Å²) in [5.41, 5.74) is 6.57. The fourth-order valence-electron chi connectivity index (χ4n) is 1.99.